The largest absolute Gasteiger partial charge is 0.354 e. The molecular weight excluding hydrogens is 164 g/mol. The van der Waals surface area contributed by atoms with Crippen LogP contribution in [0.15, 0.2) is 0 Å². The number of nitrogens with two attached hydrogens (primary N) is 1. The maximum absolute atomic E-state index is 10.7. The van der Waals surface area contributed by atoms with Gasteiger partial charge in [0.05, 0.1) is 0 Å². The van der Waals surface area contributed by atoms with E-state index in [1.807, 2.05) is 6.26 Å². The van der Waals surface area contributed by atoms with Gasteiger partial charge in [0.1, 0.15) is 6.61 Å². The topological polar surface area (TPSA) is 64.3 Å². The molecule has 0 rings (SSSR count). The number of hydrogen-bond acceptors (Lipinski definition) is 4. The summed E-state index contributed by atoms with van der Waals surface area (Å²) in [5.41, 5.74) is 0. The van der Waals surface area contributed by atoms with Crippen LogP contribution < -0.4 is 11.2 Å². The average molecular weight is 178 g/mol. The van der Waals surface area contributed by atoms with E-state index in [2.05, 4.69) is 10.2 Å². The summed E-state index contributed by atoms with van der Waals surface area (Å²) in [6.07, 6.45) is 3.02. The van der Waals surface area contributed by atoms with E-state index in [4.69, 9.17) is 5.90 Å². The fourth-order valence-electron chi connectivity index (χ4n) is 0.571. The van der Waals surface area contributed by atoms with Crippen LogP contribution in [0.1, 0.15) is 6.42 Å². The average Bonchev–Trinajstić information content (AvgIpc) is 1.99. The highest BCUT2D eigenvalue weighted by atomic mass is 32.2. The number of rotatable bonds is 6. The molecule has 0 aromatic heterocycles. The summed E-state index contributed by atoms with van der Waals surface area (Å²) in [7, 11) is 0. The van der Waals surface area contributed by atoms with E-state index in [0.717, 1.165) is 12.2 Å². The van der Waals surface area contributed by atoms with Gasteiger partial charge in [0.25, 0.3) is 0 Å². The van der Waals surface area contributed by atoms with Crippen molar-refractivity contribution in [3.63, 3.8) is 0 Å². The first-order chi connectivity index (χ1) is 5.31. The molecule has 0 fully saturated rings. The first-order valence-corrected chi connectivity index (χ1v) is 4.78. The Morgan fingerprint density at radius 2 is 2.45 bits per heavy atom. The molecule has 4 nitrogen and oxygen atoms in total. The highest BCUT2D eigenvalue weighted by molar-refractivity contribution is 7.98. The van der Waals surface area contributed by atoms with Gasteiger partial charge < -0.3 is 5.32 Å². The molecule has 3 N–H and O–H groups in total. The molecule has 0 radical (unpaired) electrons. The quantitative estimate of drug-likeness (QED) is 0.435. The number of carbonyl (C=O) groups is 1. The second-order valence-electron chi connectivity index (χ2n) is 2.01. The molecule has 0 saturated carbocycles. The second kappa shape index (κ2) is 7.84. The Hall–Kier alpha value is -0.260. The van der Waals surface area contributed by atoms with Crippen molar-refractivity contribution in [1.82, 2.24) is 5.32 Å². The highest BCUT2D eigenvalue weighted by Crippen LogP contribution is 1.92. The number of nitrogens with one attached hydrogen (secondary N) is 1. The van der Waals surface area contributed by atoms with Crippen LogP contribution in [0.25, 0.3) is 0 Å². The Bertz CT molecular complexity index is 111. The summed E-state index contributed by atoms with van der Waals surface area (Å²) >= 11 is 1.76. The van der Waals surface area contributed by atoms with Gasteiger partial charge >= 0.3 is 0 Å². The molecule has 0 aromatic rings. The van der Waals surface area contributed by atoms with E-state index in [1.54, 1.807) is 11.8 Å². The maximum Gasteiger partial charge on any atom is 0.248 e. The van der Waals surface area contributed by atoms with Crippen LogP contribution in [0.5, 0.6) is 0 Å². The van der Waals surface area contributed by atoms with E-state index in [0.29, 0.717) is 6.54 Å². The Kier molecular flexibility index (Phi) is 7.66. The highest BCUT2D eigenvalue weighted by Gasteiger charge is 1.97. The smallest absolute Gasteiger partial charge is 0.248 e. The molecule has 0 unspecified atom stereocenters. The second-order valence-corrected chi connectivity index (χ2v) is 2.99. The van der Waals surface area contributed by atoms with E-state index < -0.39 is 0 Å². The van der Waals surface area contributed by atoms with E-state index in [-0.39, 0.29) is 12.5 Å². The summed E-state index contributed by atoms with van der Waals surface area (Å²) in [6.45, 7) is 0.641. The van der Waals surface area contributed by atoms with Gasteiger partial charge in [0, 0.05) is 6.54 Å². The Balaban J connectivity index is 3.04. The van der Waals surface area contributed by atoms with Crippen molar-refractivity contribution in [2.24, 2.45) is 5.90 Å². The van der Waals surface area contributed by atoms with Crippen molar-refractivity contribution in [3.8, 4) is 0 Å². The third-order valence-electron chi connectivity index (χ3n) is 1.06. The summed E-state index contributed by atoms with van der Waals surface area (Å²) in [5, 5.41) is 2.66. The molecular formula is C6H14N2O2S. The third kappa shape index (κ3) is 7.64. The molecule has 11 heavy (non-hydrogen) atoms. The van der Waals surface area contributed by atoms with E-state index in [1.165, 1.54) is 0 Å². The normalized spacial score (nSPS) is 9.64. The van der Waals surface area contributed by atoms with Crippen LogP contribution in [0.4, 0.5) is 0 Å². The molecule has 0 aromatic carbocycles. The Morgan fingerprint density at radius 3 is 3.00 bits per heavy atom. The molecule has 0 aliphatic heterocycles. The molecule has 0 spiro atoms. The predicted molar refractivity (Wildman–Crippen MR) is 46.1 cm³/mol. The van der Waals surface area contributed by atoms with Crippen LogP contribution in [0.2, 0.25) is 0 Å². The minimum atomic E-state index is -0.159. The number of hydrogen-bond donors (Lipinski definition) is 2. The summed E-state index contributed by atoms with van der Waals surface area (Å²) in [6, 6.07) is 0. The lowest BCUT2D eigenvalue weighted by molar-refractivity contribution is -0.125. The summed E-state index contributed by atoms with van der Waals surface area (Å²) in [5.74, 6) is 5.60. The molecule has 5 heteroatoms. The molecule has 0 heterocycles. The van der Waals surface area contributed by atoms with Crippen molar-refractivity contribution in [3.05, 3.63) is 0 Å². The van der Waals surface area contributed by atoms with Gasteiger partial charge in [0.15, 0.2) is 0 Å². The van der Waals surface area contributed by atoms with Gasteiger partial charge in [-0.1, -0.05) is 0 Å². The molecule has 0 bridgehead atoms. The van der Waals surface area contributed by atoms with Crippen LogP contribution in [0, 0.1) is 0 Å². The Morgan fingerprint density at radius 1 is 1.73 bits per heavy atom. The lowest BCUT2D eigenvalue weighted by atomic mass is 10.4. The standard InChI is InChI=1S/C6H14N2O2S/c1-11-4-2-3-8-6(9)5-10-7/h2-5,7H2,1H3,(H,8,9). The van der Waals surface area contributed by atoms with Gasteiger partial charge in [-0.2, -0.15) is 11.8 Å². The SMILES string of the molecule is CSCCCNC(=O)CON. The van der Waals surface area contributed by atoms with Crippen LogP contribution >= 0.6 is 11.8 Å². The van der Waals surface area contributed by atoms with Crippen molar-refractivity contribution in [2.75, 3.05) is 25.2 Å². The van der Waals surface area contributed by atoms with Crippen LogP contribution in [0.3, 0.4) is 0 Å². The summed E-state index contributed by atoms with van der Waals surface area (Å²) < 4.78 is 0. The number of carbonyl (C=O) groups excluding carboxylic acids is 1. The van der Waals surface area contributed by atoms with Gasteiger partial charge in [-0.25, -0.2) is 5.90 Å². The molecule has 1 amide bonds. The molecule has 66 valence electrons. The lowest BCUT2D eigenvalue weighted by Crippen LogP contribution is -2.29. The van der Waals surface area contributed by atoms with E-state index >= 15 is 0 Å². The zero-order chi connectivity index (χ0) is 8.53. The molecule has 0 atom stereocenters. The van der Waals surface area contributed by atoms with E-state index in [9.17, 15) is 4.79 Å². The molecule has 0 aliphatic carbocycles. The minimum Gasteiger partial charge on any atom is -0.354 e. The number of thioether (sulfide) groups is 1. The molecule has 0 saturated heterocycles. The lowest BCUT2D eigenvalue weighted by Gasteiger charge is -2.01. The fourth-order valence-corrected chi connectivity index (χ4v) is 1.00. The first-order valence-electron chi connectivity index (χ1n) is 3.38. The maximum atomic E-state index is 10.7. The Labute approximate surface area is 70.8 Å². The monoisotopic (exact) mass is 178 g/mol. The van der Waals surface area contributed by atoms with Crippen LogP contribution in [-0.4, -0.2) is 31.1 Å². The predicted octanol–water partition coefficient (Wildman–Crippen LogP) is -0.254. The van der Waals surface area contributed by atoms with Crippen LogP contribution in [-0.2, 0) is 9.63 Å². The minimum absolute atomic E-state index is 0.0563. The van der Waals surface area contributed by atoms with Gasteiger partial charge in [-0.05, 0) is 18.4 Å². The van der Waals surface area contributed by atoms with Crippen molar-refractivity contribution >= 4 is 17.7 Å². The third-order valence-corrected chi connectivity index (χ3v) is 1.76. The molecule has 0 aliphatic rings. The van der Waals surface area contributed by atoms with Gasteiger partial charge in [0.2, 0.25) is 5.91 Å². The zero-order valence-electron chi connectivity index (χ0n) is 6.63. The number of amides is 1. The van der Waals surface area contributed by atoms with Crippen molar-refractivity contribution in [1.29, 1.82) is 0 Å². The zero-order valence-corrected chi connectivity index (χ0v) is 7.45. The fraction of sp³-hybridized carbons (Fsp3) is 0.833. The first kappa shape index (κ1) is 10.7. The summed E-state index contributed by atoms with van der Waals surface area (Å²) in [4.78, 5) is 14.8. The van der Waals surface area contributed by atoms with Crippen molar-refractivity contribution < 1.29 is 9.63 Å². The van der Waals surface area contributed by atoms with Crippen molar-refractivity contribution in [2.45, 2.75) is 6.42 Å². The van der Waals surface area contributed by atoms with Gasteiger partial charge in [-0.15, -0.1) is 0 Å². The van der Waals surface area contributed by atoms with Gasteiger partial charge in [-0.3, -0.25) is 9.63 Å².